The van der Waals surface area contributed by atoms with Crippen molar-refractivity contribution in [1.82, 2.24) is 14.9 Å². The van der Waals surface area contributed by atoms with Gasteiger partial charge in [-0.1, -0.05) is 18.5 Å². The number of anilines is 1. The fourth-order valence-electron chi connectivity index (χ4n) is 3.14. The minimum absolute atomic E-state index is 0.0752. The van der Waals surface area contributed by atoms with E-state index in [2.05, 4.69) is 14.9 Å². The average molecular weight is 406 g/mol. The van der Waals surface area contributed by atoms with Crippen LogP contribution in [0.4, 0.5) is 5.69 Å². The van der Waals surface area contributed by atoms with Gasteiger partial charge in [0.2, 0.25) is 15.9 Å². The van der Waals surface area contributed by atoms with Crippen molar-refractivity contribution in [1.29, 1.82) is 0 Å². The number of nitrogens with zero attached hydrogens (tertiary/aromatic N) is 3. The molecule has 10 heteroatoms. The highest BCUT2D eigenvalue weighted by atomic mass is 32.2. The van der Waals surface area contributed by atoms with Crippen LogP contribution in [0.15, 0.2) is 27.6 Å². The van der Waals surface area contributed by atoms with E-state index in [4.69, 9.17) is 9.26 Å². The van der Waals surface area contributed by atoms with Crippen molar-refractivity contribution in [2.45, 2.75) is 50.0 Å². The summed E-state index contributed by atoms with van der Waals surface area (Å²) >= 11 is 0. The molecule has 0 atom stereocenters. The maximum Gasteiger partial charge on any atom is 0.265 e. The van der Waals surface area contributed by atoms with E-state index in [-0.39, 0.29) is 24.0 Å². The molecule has 2 aliphatic rings. The first-order valence-corrected chi connectivity index (χ1v) is 10.9. The van der Waals surface area contributed by atoms with Gasteiger partial charge in [-0.05, 0) is 37.5 Å². The van der Waals surface area contributed by atoms with Gasteiger partial charge >= 0.3 is 0 Å². The first-order chi connectivity index (χ1) is 13.5. The molecule has 0 radical (unpaired) electrons. The average Bonchev–Trinajstić information content (AvgIpc) is 3.08. The molecule has 150 valence electrons. The maximum atomic E-state index is 12.5. The molecule has 2 heterocycles. The summed E-state index contributed by atoms with van der Waals surface area (Å²) in [6, 6.07) is 4.47. The molecule has 0 bridgehead atoms. The van der Waals surface area contributed by atoms with Gasteiger partial charge in [0.05, 0.1) is 17.1 Å². The van der Waals surface area contributed by atoms with Crippen LogP contribution in [-0.2, 0) is 21.4 Å². The second-order valence-electron chi connectivity index (χ2n) is 6.97. The number of ether oxygens (including phenoxy) is 1. The number of fused-ring (bicyclic) bond motifs is 1. The van der Waals surface area contributed by atoms with Crippen molar-refractivity contribution in [2.24, 2.45) is 0 Å². The molecule has 28 heavy (non-hydrogen) atoms. The molecule has 9 nitrogen and oxygen atoms in total. The lowest BCUT2D eigenvalue weighted by Crippen LogP contribution is -2.38. The van der Waals surface area contributed by atoms with E-state index in [9.17, 15) is 13.2 Å². The monoisotopic (exact) mass is 406 g/mol. The van der Waals surface area contributed by atoms with Gasteiger partial charge in [0.1, 0.15) is 5.75 Å². The summed E-state index contributed by atoms with van der Waals surface area (Å²) in [5.74, 6) is 1.44. The van der Waals surface area contributed by atoms with Gasteiger partial charge in [-0.2, -0.15) is 4.98 Å². The summed E-state index contributed by atoms with van der Waals surface area (Å²) in [4.78, 5) is 18.4. The van der Waals surface area contributed by atoms with Crippen LogP contribution in [-0.4, -0.2) is 37.6 Å². The second-order valence-corrected chi connectivity index (χ2v) is 8.74. The highest BCUT2D eigenvalue weighted by molar-refractivity contribution is 7.89. The molecule has 2 aromatic rings. The van der Waals surface area contributed by atoms with Crippen molar-refractivity contribution in [3.63, 3.8) is 0 Å². The third kappa shape index (κ3) is 3.61. The highest BCUT2D eigenvalue weighted by Crippen LogP contribution is 2.37. The molecule has 1 N–H and O–H groups in total. The normalized spacial score (nSPS) is 17.2. The summed E-state index contributed by atoms with van der Waals surface area (Å²) in [6.45, 7) is 2.19. The van der Waals surface area contributed by atoms with Crippen LogP contribution in [0.25, 0.3) is 0 Å². The number of rotatable bonds is 7. The van der Waals surface area contributed by atoms with Crippen LogP contribution in [0.1, 0.15) is 50.2 Å². The number of carbonyl (C=O) groups is 1. The molecule has 0 unspecified atom stereocenters. The summed E-state index contributed by atoms with van der Waals surface area (Å²) < 4.78 is 38.2. The van der Waals surface area contributed by atoms with Gasteiger partial charge < -0.3 is 9.26 Å². The van der Waals surface area contributed by atoms with Crippen LogP contribution in [0.2, 0.25) is 0 Å². The molecular weight excluding hydrogens is 384 g/mol. The van der Waals surface area contributed by atoms with E-state index in [0.717, 1.165) is 19.3 Å². The van der Waals surface area contributed by atoms with E-state index in [1.807, 2.05) is 6.92 Å². The van der Waals surface area contributed by atoms with Gasteiger partial charge in [-0.15, -0.1) is 0 Å². The quantitative estimate of drug-likeness (QED) is 0.747. The van der Waals surface area contributed by atoms with Crippen LogP contribution in [0, 0.1) is 0 Å². The topological polar surface area (TPSA) is 115 Å². The molecular formula is C18H22N4O5S. The first kappa shape index (κ1) is 18.9. The maximum absolute atomic E-state index is 12.5. The first-order valence-electron chi connectivity index (χ1n) is 9.37. The second kappa shape index (κ2) is 7.51. The molecule has 1 fully saturated rings. The predicted molar refractivity (Wildman–Crippen MR) is 99.5 cm³/mol. The Labute approximate surface area is 163 Å². The lowest BCUT2D eigenvalue weighted by atomic mass is 9.85. The summed E-state index contributed by atoms with van der Waals surface area (Å²) in [7, 11) is -3.67. The minimum Gasteiger partial charge on any atom is -0.482 e. The molecule has 1 amide bonds. The van der Waals surface area contributed by atoms with E-state index in [1.54, 1.807) is 6.07 Å². The number of nitrogens with one attached hydrogen (secondary N) is 1. The molecule has 1 aromatic carbocycles. The Morgan fingerprint density at radius 3 is 2.86 bits per heavy atom. The number of hydrogen-bond donors (Lipinski definition) is 1. The Morgan fingerprint density at radius 2 is 2.14 bits per heavy atom. The fraction of sp³-hybridized carbons (Fsp3) is 0.500. The van der Waals surface area contributed by atoms with Crippen molar-refractivity contribution < 1.29 is 22.5 Å². The largest absolute Gasteiger partial charge is 0.482 e. The number of amides is 1. The lowest BCUT2D eigenvalue weighted by Gasteiger charge is -2.28. The van der Waals surface area contributed by atoms with Crippen molar-refractivity contribution in [2.75, 3.05) is 18.1 Å². The van der Waals surface area contributed by atoms with E-state index >= 15 is 0 Å². The Hall–Kier alpha value is -2.46. The van der Waals surface area contributed by atoms with Gasteiger partial charge in [0.25, 0.3) is 5.91 Å². The third-order valence-electron chi connectivity index (χ3n) is 4.96. The third-order valence-corrected chi connectivity index (χ3v) is 6.42. The molecule has 4 rings (SSSR count). The summed E-state index contributed by atoms with van der Waals surface area (Å²) in [5.41, 5.74) is 0.380. The minimum atomic E-state index is -3.67. The molecule has 1 aliphatic carbocycles. The van der Waals surface area contributed by atoms with Gasteiger partial charge in [0.15, 0.2) is 12.4 Å². The van der Waals surface area contributed by atoms with Crippen molar-refractivity contribution in [3.8, 4) is 5.75 Å². The van der Waals surface area contributed by atoms with Crippen LogP contribution >= 0.6 is 0 Å². The van der Waals surface area contributed by atoms with E-state index in [0.29, 0.717) is 42.0 Å². The SMILES string of the molecule is CCCNS(=O)(=O)c1ccc2c(c1)N(Cc1noc(C3CCC3)n1)C(=O)CO2. The summed E-state index contributed by atoms with van der Waals surface area (Å²) in [6.07, 6.45) is 3.90. The molecule has 0 spiro atoms. The van der Waals surface area contributed by atoms with Crippen LogP contribution in [0.5, 0.6) is 5.75 Å². The van der Waals surface area contributed by atoms with Gasteiger partial charge in [-0.25, -0.2) is 13.1 Å². The zero-order chi connectivity index (χ0) is 19.7. The highest BCUT2D eigenvalue weighted by Gasteiger charge is 2.30. The molecule has 0 saturated heterocycles. The number of aromatic nitrogens is 2. The molecule has 1 saturated carbocycles. The van der Waals surface area contributed by atoms with Crippen molar-refractivity contribution >= 4 is 21.6 Å². The van der Waals surface area contributed by atoms with Crippen LogP contribution in [0.3, 0.4) is 0 Å². The smallest absolute Gasteiger partial charge is 0.265 e. The number of hydrogen-bond acceptors (Lipinski definition) is 7. The Kier molecular flexibility index (Phi) is 5.07. The van der Waals surface area contributed by atoms with Gasteiger partial charge in [0, 0.05) is 12.5 Å². The Bertz CT molecular complexity index is 984. The molecule has 1 aliphatic heterocycles. The van der Waals surface area contributed by atoms with E-state index < -0.39 is 10.0 Å². The Balaban J connectivity index is 1.61. The number of carbonyl (C=O) groups excluding carboxylic acids is 1. The number of benzene rings is 1. The summed E-state index contributed by atoms with van der Waals surface area (Å²) in [5, 5.41) is 3.98. The number of sulfonamides is 1. The zero-order valence-corrected chi connectivity index (χ0v) is 16.4. The lowest BCUT2D eigenvalue weighted by molar-refractivity contribution is -0.121. The Morgan fingerprint density at radius 1 is 1.32 bits per heavy atom. The predicted octanol–water partition coefficient (Wildman–Crippen LogP) is 1.95. The molecule has 1 aromatic heterocycles. The zero-order valence-electron chi connectivity index (χ0n) is 15.6. The van der Waals surface area contributed by atoms with Crippen LogP contribution < -0.4 is 14.4 Å². The standard InChI is InChI=1S/C18H22N4O5S/c1-2-8-19-28(24,25)13-6-7-15-14(9-13)22(17(23)11-26-15)10-16-20-18(27-21-16)12-4-3-5-12/h6-7,9,12,19H,2-5,8,10-11H2,1H3. The van der Waals surface area contributed by atoms with E-state index in [1.165, 1.54) is 17.0 Å². The van der Waals surface area contributed by atoms with Crippen molar-refractivity contribution in [3.05, 3.63) is 29.9 Å². The van der Waals surface area contributed by atoms with Gasteiger partial charge in [-0.3, -0.25) is 9.69 Å². The fourth-order valence-corrected chi connectivity index (χ4v) is 4.29.